The second-order valence-corrected chi connectivity index (χ2v) is 5.99. The fourth-order valence-electron chi connectivity index (χ4n) is 4.76. The summed E-state index contributed by atoms with van der Waals surface area (Å²) in [5, 5.41) is 0. The van der Waals surface area contributed by atoms with Crippen LogP contribution in [0.25, 0.3) is 0 Å². The predicted molar refractivity (Wildman–Crippen MR) is 60.1 cm³/mol. The molecule has 80 valence electrons. The molecule has 3 saturated carbocycles. The van der Waals surface area contributed by atoms with Crippen LogP contribution in [0.1, 0.15) is 64.2 Å². The van der Waals surface area contributed by atoms with Crippen molar-refractivity contribution in [1.82, 2.24) is 0 Å². The molecule has 0 aromatic heterocycles. The van der Waals surface area contributed by atoms with Gasteiger partial charge in [0.2, 0.25) is 0 Å². The summed E-state index contributed by atoms with van der Waals surface area (Å²) >= 11 is 0. The van der Waals surface area contributed by atoms with Gasteiger partial charge in [-0.2, -0.15) is 0 Å². The summed E-state index contributed by atoms with van der Waals surface area (Å²) in [7, 11) is 0. The third-order valence-corrected chi connectivity index (χ3v) is 5.39. The van der Waals surface area contributed by atoms with Crippen molar-refractivity contribution in [2.75, 3.05) is 0 Å². The normalized spacial score (nSPS) is 44.1. The SMILES string of the molecule is C1CCC(C2CCC3CCCC32)CC1. The molecule has 0 spiro atoms. The molecule has 0 N–H and O–H groups in total. The summed E-state index contributed by atoms with van der Waals surface area (Å²) in [5.41, 5.74) is 0. The van der Waals surface area contributed by atoms with Crippen LogP contribution in [0.15, 0.2) is 0 Å². The lowest BCUT2D eigenvalue weighted by Crippen LogP contribution is -2.21. The van der Waals surface area contributed by atoms with Crippen molar-refractivity contribution in [2.24, 2.45) is 23.7 Å². The Hall–Kier alpha value is 0. The van der Waals surface area contributed by atoms with Gasteiger partial charge in [0.05, 0.1) is 0 Å². The van der Waals surface area contributed by atoms with Gasteiger partial charge >= 0.3 is 0 Å². The lowest BCUT2D eigenvalue weighted by atomic mass is 9.74. The molecule has 0 aromatic carbocycles. The van der Waals surface area contributed by atoms with Gasteiger partial charge < -0.3 is 0 Å². The highest BCUT2D eigenvalue weighted by Crippen LogP contribution is 2.52. The third-order valence-electron chi connectivity index (χ3n) is 5.39. The van der Waals surface area contributed by atoms with E-state index in [1.54, 1.807) is 57.8 Å². The molecule has 0 amide bonds. The van der Waals surface area contributed by atoms with E-state index in [-0.39, 0.29) is 0 Å². The Labute approximate surface area is 88.5 Å². The van der Waals surface area contributed by atoms with E-state index in [4.69, 9.17) is 0 Å². The average Bonchev–Trinajstić information content (AvgIpc) is 2.79. The number of fused-ring (bicyclic) bond motifs is 1. The van der Waals surface area contributed by atoms with Crippen LogP contribution >= 0.6 is 0 Å². The molecule has 3 aliphatic carbocycles. The molecule has 3 rings (SSSR count). The van der Waals surface area contributed by atoms with Gasteiger partial charge in [-0.3, -0.25) is 0 Å². The molecule has 3 fully saturated rings. The Morgan fingerprint density at radius 2 is 1.07 bits per heavy atom. The van der Waals surface area contributed by atoms with Crippen molar-refractivity contribution in [3.8, 4) is 0 Å². The second-order valence-electron chi connectivity index (χ2n) is 5.99. The zero-order chi connectivity index (χ0) is 9.38. The minimum absolute atomic E-state index is 1.15. The van der Waals surface area contributed by atoms with Crippen molar-refractivity contribution in [2.45, 2.75) is 64.2 Å². The van der Waals surface area contributed by atoms with E-state index in [0.29, 0.717) is 0 Å². The van der Waals surface area contributed by atoms with Gasteiger partial charge in [0.15, 0.2) is 0 Å². The first-order valence-electron chi connectivity index (χ1n) is 6.95. The smallest absolute Gasteiger partial charge is 0.0355 e. The van der Waals surface area contributed by atoms with Crippen LogP contribution in [0.3, 0.4) is 0 Å². The van der Waals surface area contributed by atoms with Crippen LogP contribution in [0.4, 0.5) is 0 Å². The maximum atomic E-state index is 1.60. The standard InChI is InChI=1S/C14H24/c1-2-5-11(6-3-1)14-10-9-12-7-4-8-13(12)14/h11-14H,1-10H2. The van der Waals surface area contributed by atoms with Gasteiger partial charge in [-0.15, -0.1) is 0 Å². The highest BCUT2D eigenvalue weighted by Gasteiger charge is 2.42. The molecule has 0 heterocycles. The van der Waals surface area contributed by atoms with Gasteiger partial charge in [0, 0.05) is 0 Å². The van der Waals surface area contributed by atoms with Crippen molar-refractivity contribution < 1.29 is 0 Å². The Bertz CT molecular complexity index is 190. The summed E-state index contributed by atoms with van der Waals surface area (Å²) in [6, 6.07) is 0. The van der Waals surface area contributed by atoms with E-state index < -0.39 is 0 Å². The molecular formula is C14H24. The lowest BCUT2D eigenvalue weighted by Gasteiger charge is -2.31. The molecule has 0 bridgehead atoms. The van der Waals surface area contributed by atoms with Gasteiger partial charge in [0.25, 0.3) is 0 Å². The number of rotatable bonds is 1. The summed E-state index contributed by atoms with van der Waals surface area (Å²) in [5.74, 6) is 4.67. The van der Waals surface area contributed by atoms with Crippen LogP contribution < -0.4 is 0 Å². The molecule has 0 radical (unpaired) electrons. The zero-order valence-corrected chi connectivity index (χ0v) is 9.38. The van der Waals surface area contributed by atoms with E-state index in [1.807, 2.05) is 0 Å². The van der Waals surface area contributed by atoms with Crippen molar-refractivity contribution in [3.63, 3.8) is 0 Å². The minimum atomic E-state index is 1.15. The van der Waals surface area contributed by atoms with Crippen LogP contribution in [-0.2, 0) is 0 Å². The molecule has 0 saturated heterocycles. The number of hydrogen-bond donors (Lipinski definition) is 0. The summed E-state index contributed by atoms with van der Waals surface area (Å²) in [6.07, 6.45) is 15.7. The third kappa shape index (κ3) is 1.51. The molecule has 3 unspecified atom stereocenters. The molecular weight excluding hydrogens is 168 g/mol. The van der Waals surface area contributed by atoms with Crippen molar-refractivity contribution >= 4 is 0 Å². The van der Waals surface area contributed by atoms with Crippen LogP contribution in [-0.4, -0.2) is 0 Å². The predicted octanol–water partition coefficient (Wildman–Crippen LogP) is 4.39. The quantitative estimate of drug-likeness (QED) is 0.578. The van der Waals surface area contributed by atoms with Crippen molar-refractivity contribution in [3.05, 3.63) is 0 Å². The van der Waals surface area contributed by atoms with Gasteiger partial charge in [-0.05, 0) is 42.9 Å². The fourth-order valence-corrected chi connectivity index (χ4v) is 4.76. The summed E-state index contributed by atoms with van der Waals surface area (Å²) in [6.45, 7) is 0. The summed E-state index contributed by atoms with van der Waals surface area (Å²) in [4.78, 5) is 0. The van der Waals surface area contributed by atoms with Crippen LogP contribution in [0, 0.1) is 23.7 Å². The molecule has 14 heavy (non-hydrogen) atoms. The topological polar surface area (TPSA) is 0 Å². The van der Waals surface area contributed by atoms with Crippen molar-refractivity contribution in [1.29, 1.82) is 0 Å². The number of hydrogen-bond acceptors (Lipinski definition) is 0. The lowest BCUT2D eigenvalue weighted by molar-refractivity contribution is 0.193. The minimum Gasteiger partial charge on any atom is -0.0533 e. The van der Waals surface area contributed by atoms with Crippen LogP contribution in [0.2, 0.25) is 0 Å². The maximum Gasteiger partial charge on any atom is -0.0355 e. The van der Waals surface area contributed by atoms with E-state index in [9.17, 15) is 0 Å². The largest absolute Gasteiger partial charge is 0.0533 e. The zero-order valence-electron chi connectivity index (χ0n) is 9.38. The second kappa shape index (κ2) is 3.87. The highest BCUT2D eigenvalue weighted by atomic mass is 14.5. The van der Waals surface area contributed by atoms with Gasteiger partial charge in [0.1, 0.15) is 0 Å². The van der Waals surface area contributed by atoms with E-state index in [2.05, 4.69) is 0 Å². The average molecular weight is 192 g/mol. The first-order valence-corrected chi connectivity index (χ1v) is 6.95. The fraction of sp³-hybridized carbons (Fsp3) is 1.00. The highest BCUT2D eigenvalue weighted by molar-refractivity contribution is 4.92. The summed E-state index contributed by atoms with van der Waals surface area (Å²) < 4.78 is 0. The molecule has 0 aliphatic heterocycles. The Kier molecular flexibility index (Phi) is 2.55. The molecule has 3 atom stereocenters. The Balaban J connectivity index is 1.66. The molecule has 0 aromatic rings. The van der Waals surface area contributed by atoms with E-state index >= 15 is 0 Å². The van der Waals surface area contributed by atoms with E-state index in [0.717, 1.165) is 5.92 Å². The van der Waals surface area contributed by atoms with E-state index in [1.165, 1.54) is 24.2 Å². The molecule has 0 heteroatoms. The van der Waals surface area contributed by atoms with Crippen LogP contribution in [0.5, 0.6) is 0 Å². The van der Waals surface area contributed by atoms with Gasteiger partial charge in [-0.1, -0.05) is 44.9 Å². The molecule has 3 aliphatic rings. The monoisotopic (exact) mass is 192 g/mol. The molecule has 0 nitrogen and oxygen atoms in total. The van der Waals surface area contributed by atoms with Gasteiger partial charge in [-0.25, -0.2) is 0 Å². The first-order chi connectivity index (χ1) is 6.95. The Morgan fingerprint density at radius 1 is 0.429 bits per heavy atom. The Morgan fingerprint density at radius 3 is 1.93 bits per heavy atom. The maximum absolute atomic E-state index is 1.60. The first kappa shape index (κ1) is 9.24.